The van der Waals surface area contributed by atoms with Crippen LogP contribution in [0, 0.1) is 17.1 Å². The molecule has 0 aliphatic carbocycles. The third-order valence-corrected chi connectivity index (χ3v) is 3.58. The standard InChI is InChI=1S/C19H12FN3O3/c20-17-13(10-21)2-1-3-14(17)11-26-15-6-4-12(5-7-15)18-22-9-8-16(23-18)19(24)25/h1-9H,11H2,(H,24,25). The lowest BCUT2D eigenvalue weighted by Crippen LogP contribution is -2.02. The molecule has 0 atom stereocenters. The number of nitriles is 1. The van der Waals surface area contributed by atoms with E-state index in [1.54, 1.807) is 42.5 Å². The molecule has 0 radical (unpaired) electrons. The predicted molar refractivity (Wildman–Crippen MR) is 89.9 cm³/mol. The summed E-state index contributed by atoms with van der Waals surface area (Å²) in [6, 6.07) is 14.3. The van der Waals surface area contributed by atoms with Gasteiger partial charge in [-0.25, -0.2) is 19.2 Å². The number of nitrogens with zero attached hydrogens (tertiary/aromatic N) is 3. The maximum atomic E-state index is 14.0. The van der Waals surface area contributed by atoms with Crippen LogP contribution in [-0.4, -0.2) is 21.0 Å². The number of halogens is 1. The molecular formula is C19H12FN3O3. The topological polar surface area (TPSA) is 96.1 Å². The third-order valence-electron chi connectivity index (χ3n) is 3.58. The molecule has 0 saturated heterocycles. The Balaban J connectivity index is 1.74. The van der Waals surface area contributed by atoms with Gasteiger partial charge in [-0.05, 0) is 36.4 Å². The van der Waals surface area contributed by atoms with Gasteiger partial charge in [0.1, 0.15) is 24.2 Å². The molecule has 0 fully saturated rings. The first-order valence-electron chi connectivity index (χ1n) is 7.55. The van der Waals surface area contributed by atoms with Gasteiger partial charge < -0.3 is 9.84 Å². The van der Waals surface area contributed by atoms with Gasteiger partial charge in [-0.15, -0.1) is 0 Å². The monoisotopic (exact) mass is 349 g/mol. The molecule has 0 amide bonds. The van der Waals surface area contributed by atoms with E-state index in [9.17, 15) is 9.18 Å². The summed E-state index contributed by atoms with van der Waals surface area (Å²) < 4.78 is 19.5. The maximum Gasteiger partial charge on any atom is 0.354 e. The number of benzene rings is 2. The van der Waals surface area contributed by atoms with Gasteiger partial charge in [0.2, 0.25) is 0 Å². The summed E-state index contributed by atoms with van der Waals surface area (Å²) in [4.78, 5) is 19.0. The van der Waals surface area contributed by atoms with Gasteiger partial charge in [-0.3, -0.25) is 0 Å². The largest absolute Gasteiger partial charge is 0.489 e. The van der Waals surface area contributed by atoms with Crippen LogP contribution in [0.25, 0.3) is 11.4 Å². The lowest BCUT2D eigenvalue weighted by Gasteiger charge is -2.08. The Morgan fingerprint density at radius 3 is 2.65 bits per heavy atom. The second-order valence-electron chi connectivity index (χ2n) is 5.27. The van der Waals surface area contributed by atoms with E-state index in [4.69, 9.17) is 15.1 Å². The summed E-state index contributed by atoms with van der Waals surface area (Å²) in [5.41, 5.74) is 0.781. The van der Waals surface area contributed by atoms with E-state index in [1.165, 1.54) is 18.3 Å². The van der Waals surface area contributed by atoms with Gasteiger partial charge in [0, 0.05) is 17.3 Å². The Hall–Kier alpha value is -3.79. The van der Waals surface area contributed by atoms with Crippen molar-refractivity contribution >= 4 is 5.97 Å². The van der Waals surface area contributed by atoms with E-state index in [-0.39, 0.29) is 29.3 Å². The number of ether oxygens (including phenoxy) is 1. The molecule has 0 spiro atoms. The van der Waals surface area contributed by atoms with Crippen LogP contribution >= 0.6 is 0 Å². The quantitative estimate of drug-likeness (QED) is 0.758. The Labute approximate surface area is 148 Å². The van der Waals surface area contributed by atoms with Gasteiger partial charge in [-0.1, -0.05) is 12.1 Å². The molecule has 1 N–H and O–H groups in total. The number of aromatic carboxylic acids is 1. The first kappa shape index (κ1) is 17.0. The van der Waals surface area contributed by atoms with Crippen LogP contribution in [0.3, 0.4) is 0 Å². The number of aromatic nitrogens is 2. The zero-order valence-corrected chi connectivity index (χ0v) is 13.4. The van der Waals surface area contributed by atoms with Crippen LogP contribution in [0.4, 0.5) is 4.39 Å². The summed E-state index contributed by atoms with van der Waals surface area (Å²) in [6.45, 7) is -0.0221. The number of hydrogen-bond acceptors (Lipinski definition) is 5. The molecule has 0 aliphatic rings. The Morgan fingerprint density at radius 1 is 1.19 bits per heavy atom. The third kappa shape index (κ3) is 3.65. The fourth-order valence-electron chi connectivity index (χ4n) is 2.26. The van der Waals surface area contributed by atoms with Crippen LogP contribution in [-0.2, 0) is 6.61 Å². The van der Waals surface area contributed by atoms with Gasteiger partial charge in [-0.2, -0.15) is 5.26 Å². The average molecular weight is 349 g/mol. The summed E-state index contributed by atoms with van der Waals surface area (Å²) in [7, 11) is 0. The van der Waals surface area contributed by atoms with Crippen molar-refractivity contribution in [2.45, 2.75) is 6.61 Å². The molecule has 3 aromatic rings. The van der Waals surface area contributed by atoms with Crippen LogP contribution in [0.2, 0.25) is 0 Å². The molecule has 0 unspecified atom stereocenters. The van der Waals surface area contributed by atoms with E-state index in [0.29, 0.717) is 11.3 Å². The zero-order chi connectivity index (χ0) is 18.5. The highest BCUT2D eigenvalue weighted by atomic mass is 19.1. The fourth-order valence-corrected chi connectivity index (χ4v) is 2.26. The molecule has 7 heteroatoms. The lowest BCUT2D eigenvalue weighted by molar-refractivity contribution is 0.0690. The van der Waals surface area contributed by atoms with Crippen molar-refractivity contribution in [1.29, 1.82) is 5.26 Å². The number of carbonyl (C=O) groups is 1. The lowest BCUT2D eigenvalue weighted by atomic mass is 10.1. The second-order valence-corrected chi connectivity index (χ2v) is 5.27. The van der Waals surface area contributed by atoms with Crippen molar-refractivity contribution in [2.24, 2.45) is 0 Å². The van der Waals surface area contributed by atoms with Crippen LogP contribution in [0.5, 0.6) is 5.75 Å². The molecule has 2 aromatic carbocycles. The Morgan fingerprint density at radius 2 is 1.96 bits per heavy atom. The van der Waals surface area contributed by atoms with Crippen molar-refractivity contribution in [2.75, 3.05) is 0 Å². The molecule has 1 heterocycles. The van der Waals surface area contributed by atoms with Crippen molar-refractivity contribution in [3.8, 4) is 23.2 Å². The molecule has 0 bridgehead atoms. The van der Waals surface area contributed by atoms with Crippen molar-refractivity contribution < 1.29 is 19.0 Å². The molecule has 128 valence electrons. The molecule has 0 aliphatic heterocycles. The second kappa shape index (κ2) is 7.40. The van der Waals surface area contributed by atoms with Crippen LogP contribution in [0.1, 0.15) is 21.6 Å². The van der Waals surface area contributed by atoms with Gasteiger partial charge in [0.15, 0.2) is 11.5 Å². The minimum Gasteiger partial charge on any atom is -0.489 e. The SMILES string of the molecule is N#Cc1cccc(COc2ccc(-c3nccc(C(=O)O)n3)cc2)c1F. The predicted octanol–water partition coefficient (Wildman–Crippen LogP) is 3.43. The first-order chi connectivity index (χ1) is 12.6. The normalized spacial score (nSPS) is 10.2. The van der Waals surface area contributed by atoms with E-state index in [2.05, 4.69) is 9.97 Å². The minimum atomic E-state index is -1.13. The highest BCUT2D eigenvalue weighted by Crippen LogP contribution is 2.21. The number of hydrogen-bond donors (Lipinski definition) is 1. The summed E-state index contributed by atoms with van der Waals surface area (Å²) in [5, 5.41) is 17.8. The Bertz CT molecular complexity index is 998. The molecular weight excluding hydrogens is 337 g/mol. The van der Waals surface area contributed by atoms with Crippen LogP contribution < -0.4 is 4.74 Å². The van der Waals surface area contributed by atoms with Crippen molar-refractivity contribution in [3.63, 3.8) is 0 Å². The van der Waals surface area contributed by atoms with Gasteiger partial charge >= 0.3 is 5.97 Å². The molecule has 6 nitrogen and oxygen atoms in total. The van der Waals surface area contributed by atoms with E-state index in [1.807, 2.05) is 0 Å². The van der Waals surface area contributed by atoms with Crippen molar-refractivity contribution in [1.82, 2.24) is 9.97 Å². The summed E-state index contributed by atoms with van der Waals surface area (Å²) in [6.07, 6.45) is 1.38. The fraction of sp³-hybridized carbons (Fsp3) is 0.0526. The van der Waals surface area contributed by atoms with Crippen molar-refractivity contribution in [3.05, 3.63) is 77.4 Å². The minimum absolute atomic E-state index is 0.0221. The average Bonchev–Trinajstić information content (AvgIpc) is 2.67. The molecule has 0 saturated carbocycles. The first-order valence-corrected chi connectivity index (χ1v) is 7.55. The zero-order valence-electron chi connectivity index (χ0n) is 13.4. The number of carboxylic acid groups (broad SMARTS) is 1. The maximum absolute atomic E-state index is 14.0. The molecule has 26 heavy (non-hydrogen) atoms. The smallest absolute Gasteiger partial charge is 0.354 e. The number of carboxylic acids is 1. The summed E-state index contributed by atoms with van der Waals surface area (Å²) >= 11 is 0. The van der Waals surface area contributed by atoms with E-state index < -0.39 is 11.8 Å². The highest BCUT2D eigenvalue weighted by Gasteiger charge is 2.10. The van der Waals surface area contributed by atoms with Gasteiger partial charge in [0.25, 0.3) is 0 Å². The Kier molecular flexibility index (Phi) is 4.85. The molecule has 1 aromatic heterocycles. The highest BCUT2D eigenvalue weighted by molar-refractivity contribution is 5.85. The van der Waals surface area contributed by atoms with E-state index in [0.717, 1.165) is 0 Å². The number of rotatable bonds is 5. The van der Waals surface area contributed by atoms with Crippen LogP contribution in [0.15, 0.2) is 54.7 Å². The van der Waals surface area contributed by atoms with E-state index >= 15 is 0 Å². The summed E-state index contributed by atoms with van der Waals surface area (Å²) in [5.74, 6) is -0.949. The van der Waals surface area contributed by atoms with Gasteiger partial charge in [0.05, 0.1) is 5.56 Å². The molecule has 3 rings (SSSR count).